The van der Waals surface area contributed by atoms with Gasteiger partial charge in [0.15, 0.2) is 0 Å². The van der Waals surface area contributed by atoms with Crippen LogP contribution in [0.5, 0.6) is 5.75 Å². The number of aliphatic imine (C=N–C) groups is 1. The molecule has 0 aliphatic rings. The molecule has 1 unspecified atom stereocenters. The molecule has 0 aliphatic heterocycles. The first-order chi connectivity index (χ1) is 20.0. The maximum absolute atomic E-state index is 12.3. The summed E-state index contributed by atoms with van der Waals surface area (Å²) in [5, 5.41) is 0. The third-order valence-corrected chi connectivity index (χ3v) is 6.65. The molecule has 0 saturated heterocycles. The molecular formula is C35H43NO5. The maximum Gasteiger partial charge on any atom is 0.338 e. The summed E-state index contributed by atoms with van der Waals surface area (Å²) in [5.74, 6) is 0.0389. The lowest BCUT2D eigenvalue weighted by Gasteiger charge is -2.12. The van der Waals surface area contributed by atoms with E-state index < -0.39 is 12.1 Å². The van der Waals surface area contributed by atoms with Gasteiger partial charge in [-0.2, -0.15) is 0 Å². The summed E-state index contributed by atoms with van der Waals surface area (Å²) in [4.78, 5) is 28.4. The first-order valence-electron chi connectivity index (χ1n) is 14.8. The number of carbonyl (C=O) groups is 2. The van der Waals surface area contributed by atoms with Gasteiger partial charge in [-0.1, -0.05) is 81.8 Å². The largest absolute Gasteiger partial charge is 0.494 e. The predicted octanol–water partition coefficient (Wildman–Crippen LogP) is 8.73. The molecule has 0 bridgehead atoms. The third kappa shape index (κ3) is 11.6. The van der Waals surface area contributed by atoms with Gasteiger partial charge in [-0.15, -0.1) is 0 Å². The molecule has 3 aromatic rings. The summed E-state index contributed by atoms with van der Waals surface area (Å²) in [6, 6.07) is 23.3. The first kappa shape index (κ1) is 31.6. The predicted molar refractivity (Wildman–Crippen MR) is 165 cm³/mol. The molecule has 0 heterocycles. The lowest BCUT2D eigenvalue weighted by atomic mass is 10.0. The van der Waals surface area contributed by atoms with E-state index in [0.717, 1.165) is 41.2 Å². The van der Waals surface area contributed by atoms with Crippen LogP contribution in [0.2, 0.25) is 0 Å². The van der Waals surface area contributed by atoms with E-state index in [1.165, 1.54) is 38.5 Å². The molecule has 0 saturated carbocycles. The second-order valence-electron chi connectivity index (χ2n) is 10.1. The van der Waals surface area contributed by atoms with Crippen molar-refractivity contribution in [2.45, 2.75) is 78.2 Å². The van der Waals surface area contributed by atoms with Crippen molar-refractivity contribution in [3.8, 4) is 16.9 Å². The Hall–Kier alpha value is -3.93. The average molecular weight is 558 g/mol. The van der Waals surface area contributed by atoms with E-state index in [2.05, 4.69) is 36.2 Å². The molecule has 0 aliphatic carbocycles. The average Bonchev–Trinajstić information content (AvgIpc) is 2.98. The highest BCUT2D eigenvalue weighted by atomic mass is 16.6. The Labute approximate surface area is 244 Å². The topological polar surface area (TPSA) is 74.2 Å². The number of hydrogen-bond acceptors (Lipinski definition) is 6. The van der Waals surface area contributed by atoms with Crippen molar-refractivity contribution in [1.82, 2.24) is 0 Å². The van der Waals surface area contributed by atoms with Gasteiger partial charge in [0, 0.05) is 6.21 Å². The molecule has 6 heteroatoms. The minimum absolute atomic E-state index is 0.0276. The molecule has 3 rings (SSSR count). The van der Waals surface area contributed by atoms with E-state index in [1.54, 1.807) is 44.3 Å². The van der Waals surface area contributed by atoms with Crippen LogP contribution < -0.4 is 4.74 Å². The standard InChI is InChI=1S/C35H43NO5/c1-4-6-7-8-9-10-11-24-40-33-22-18-30(19-23-33)29-14-12-28(13-15-29)26-36-32-20-16-31(17-21-32)35(38)41-27(3)25-34(37)39-5-2/h12-23,26-27H,4-11,24-25H2,1-3H3. The third-order valence-electron chi connectivity index (χ3n) is 6.65. The minimum atomic E-state index is -0.562. The van der Waals surface area contributed by atoms with Crippen LogP contribution in [0.1, 0.15) is 88.1 Å². The van der Waals surface area contributed by atoms with Gasteiger partial charge in [-0.3, -0.25) is 9.79 Å². The molecule has 0 aromatic heterocycles. The Morgan fingerprint density at radius 1 is 0.780 bits per heavy atom. The van der Waals surface area contributed by atoms with E-state index in [0.29, 0.717) is 12.2 Å². The smallest absolute Gasteiger partial charge is 0.338 e. The van der Waals surface area contributed by atoms with Crippen molar-refractivity contribution in [3.63, 3.8) is 0 Å². The molecule has 0 fully saturated rings. The first-order valence-corrected chi connectivity index (χ1v) is 14.8. The number of esters is 2. The van der Waals surface area contributed by atoms with Gasteiger partial charge in [-0.05, 0) is 73.4 Å². The quantitative estimate of drug-likeness (QED) is 0.0942. The van der Waals surface area contributed by atoms with Crippen molar-refractivity contribution in [2.75, 3.05) is 13.2 Å². The second-order valence-corrected chi connectivity index (χ2v) is 10.1. The highest BCUT2D eigenvalue weighted by Crippen LogP contribution is 2.23. The SMILES string of the molecule is CCCCCCCCCOc1ccc(-c2ccc(C=Nc3ccc(C(=O)OC(C)CC(=O)OCC)cc3)cc2)cc1. The number of benzene rings is 3. The summed E-state index contributed by atoms with van der Waals surface area (Å²) in [6.45, 7) is 6.72. The van der Waals surface area contributed by atoms with Crippen molar-refractivity contribution in [3.05, 3.63) is 83.9 Å². The van der Waals surface area contributed by atoms with Crippen molar-refractivity contribution in [2.24, 2.45) is 4.99 Å². The highest BCUT2D eigenvalue weighted by molar-refractivity contribution is 5.90. The van der Waals surface area contributed by atoms with Crippen molar-refractivity contribution < 1.29 is 23.8 Å². The minimum Gasteiger partial charge on any atom is -0.494 e. The second kappa shape index (κ2) is 17.7. The zero-order chi connectivity index (χ0) is 29.3. The summed E-state index contributed by atoms with van der Waals surface area (Å²) >= 11 is 0. The summed E-state index contributed by atoms with van der Waals surface area (Å²) in [6.07, 6.45) is 10.2. The molecule has 0 amide bonds. The van der Waals surface area contributed by atoms with Crippen molar-refractivity contribution in [1.29, 1.82) is 0 Å². The molecule has 1 atom stereocenters. The summed E-state index contributed by atoms with van der Waals surface area (Å²) < 4.78 is 16.1. The zero-order valence-electron chi connectivity index (χ0n) is 24.6. The molecule has 0 radical (unpaired) electrons. The van der Waals surface area contributed by atoms with Gasteiger partial charge in [-0.25, -0.2) is 4.79 Å². The van der Waals surface area contributed by atoms with Crippen LogP contribution in [0.4, 0.5) is 5.69 Å². The van der Waals surface area contributed by atoms with Gasteiger partial charge in [0.05, 0.1) is 30.9 Å². The Balaban J connectivity index is 1.44. The zero-order valence-corrected chi connectivity index (χ0v) is 24.6. The van der Waals surface area contributed by atoms with Crippen LogP contribution in [0, 0.1) is 0 Å². The van der Waals surface area contributed by atoms with E-state index in [1.807, 2.05) is 24.3 Å². The summed E-state index contributed by atoms with van der Waals surface area (Å²) in [7, 11) is 0. The molecule has 218 valence electrons. The monoisotopic (exact) mass is 557 g/mol. The van der Waals surface area contributed by atoms with Gasteiger partial charge >= 0.3 is 11.9 Å². The van der Waals surface area contributed by atoms with Crippen LogP contribution in [0.15, 0.2) is 77.8 Å². The molecule has 41 heavy (non-hydrogen) atoms. The van der Waals surface area contributed by atoms with Crippen LogP contribution in [0.25, 0.3) is 11.1 Å². The van der Waals surface area contributed by atoms with E-state index in [9.17, 15) is 9.59 Å². The molecule has 6 nitrogen and oxygen atoms in total. The van der Waals surface area contributed by atoms with E-state index in [-0.39, 0.29) is 12.4 Å². The normalized spacial score (nSPS) is 11.8. The molecule has 0 spiro atoms. The highest BCUT2D eigenvalue weighted by Gasteiger charge is 2.16. The Bertz CT molecular complexity index is 1220. The van der Waals surface area contributed by atoms with Crippen molar-refractivity contribution >= 4 is 23.8 Å². The number of unbranched alkanes of at least 4 members (excludes halogenated alkanes) is 6. The number of carbonyl (C=O) groups excluding carboxylic acids is 2. The van der Waals surface area contributed by atoms with Gasteiger partial charge in [0.2, 0.25) is 0 Å². The maximum atomic E-state index is 12.3. The number of nitrogens with zero attached hydrogens (tertiary/aromatic N) is 1. The molecule has 3 aromatic carbocycles. The number of hydrogen-bond donors (Lipinski definition) is 0. The Kier molecular flexibility index (Phi) is 13.6. The molecule has 0 N–H and O–H groups in total. The van der Waals surface area contributed by atoms with Gasteiger partial charge in [0.1, 0.15) is 11.9 Å². The van der Waals surface area contributed by atoms with Gasteiger partial charge in [0.25, 0.3) is 0 Å². The fourth-order valence-corrected chi connectivity index (χ4v) is 4.33. The van der Waals surface area contributed by atoms with E-state index >= 15 is 0 Å². The lowest BCUT2D eigenvalue weighted by molar-refractivity contribution is -0.145. The van der Waals surface area contributed by atoms with Crippen LogP contribution in [-0.4, -0.2) is 37.5 Å². The number of rotatable bonds is 17. The Morgan fingerprint density at radius 2 is 1.39 bits per heavy atom. The van der Waals surface area contributed by atoms with Crippen LogP contribution in [-0.2, 0) is 14.3 Å². The fourth-order valence-electron chi connectivity index (χ4n) is 4.33. The fraction of sp³-hybridized carbons (Fsp3) is 0.400. The Morgan fingerprint density at radius 3 is 2.02 bits per heavy atom. The number of ether oxygens (including phenoxy) is 3. The lowest BCUT2D eigenvalue weighted by Crippen LogP contribution is -2.20. The molecular weight excluding hydrogens is 514 g/mol. The van der Waals surface area contributed by atoms with Gasteiger partial charge < -0.3 is 14.2 Å². The van der Waals surface area contributed by atoms with Crippen LogP contribution in [0.3, 0.4) is 0 Å². The summed E-state index contributed by atoms with van der Waals surface area (Å²) in [5.41, 5.74) is 4.35. The van der Waals surface area contributed by atoms with Crippen LogP contribution >= 0.6 is 0 Å². The van der Waals surface area contributed by atoms with E-state index in [4.69, 9.17) is 14.2 Å².